The molecule has 24 heavy (non-hydrogen) atoms. The second kappa shape index (κ2) is 9.42. The molecule has 0 spiro atoms. The van der Waals surface area contributed by atoms with E-state index < -0.39 is 6.61 Å². The summed E-state index contributed by atoms with van der Waals surface area (Å²) in [6, 6.07) is 6.63. The van der Waals surface area contributed by atoms with E-state index in [1.807, 2.05) is 18.0 Å². The van der Waals surface area contributed by atoms with Gasteiger partial charge < -0.3 is 19.7 Å². The highest BCUT2D eigenvalue weighted by molar-refractivity contribution is 5.79. The van der Waals surface area contributed by atoms with Crippen LogP contribution in [0.1, 0.15) is 18.4 Å². The van der Waals surface area contributed by atoms with Crippen LogP contribution in [0.3, 0.4) is 0 Å². The number of alkyl halides is 2. The van der Waals surface area contributed by atoms with E-state index in [0.717, 1.165) is 30.6 Å². The van der Waals surface area contributed by atoms with Gasteiger partial charge >= 0.3 is 6.61 Å². The summed E-state index contributed by atoms with van der Waals surface area (Å²) >= 11 is 0. The molecular formula is C17H25F2N3O2. The summed E-state index contributed by atoms with van der Waals surface area (Å²) in [5.41, 5.74) is 0.840. The summed E-state index contributed by atoms with van der Waals surface area (Å²) in [6.07, 6.45) is 2.57. The minimum absolute atomic E-state index is 0.154. The number of halogens is 2. The van der Waals surface area contributed by atoms with Crippen LogP contribution >= 0.6 is 0 Å². The van der Waals surface area contributed by atoms with E-state index >= 15 is 0 Å². The third kappa shape index (κ3) is 6.70. The normalized spacial score (nSPS) is 14.8. The lowest BCUT2D eigenvalue weighted by Crippen LogP contribution is -2.40. The fourth-order valence-corrected chi connectivity index (χ4v) is 2.24. The van der Waals surface area contributed by atoms with E-state index in [0.29, 0.717) is 13.2 Å². The zero-order valence-corrected chi connectivity index (χ0v) is 14.2. The predicted octanol–water partition coefficient (Wildman–Crippen LogP) is 2.72. The molecule has 0 atom stereocenters. The minimum atomic E-state index is -2.82. The highest BCUT2D eigenvalue weighted by Gasteiger charge is 2.21. The van der Waals surface area contributed by atoms with Gasteiger partial charge in [0, 0.05) is 33.8 Å². The van der Waals surface area contributed by atoms with Crippen LogP contribution in [-0.2, 0) is 11.3 Å². The van der Waals surface area contributed by atoms with Crippen molar-refractivity contribution in [2.24, 2.45) is 10.9 Å². The standard InChI is InChI=1S/C17H25F2N3O2/c1-20-17(22(2)8-9-23-12-13-6-7-13)21-11-14-4-3-5-15(10-14)24-16(18)19/h3-5,10,13,16H,6-9,11-12H2,1-2H3,(H,20,21). The molecule has 0 heterocycles. The lowest BCUT2D eigenvalue weighted by atomic mass is 10.2. The van der Waals surface area contributed by atoms with E-state index in [-0.39, 0.29) is 5.75 Å². The zero-order valence-electron chi connectivity index (χ0n) is 14.2. The molecular weight excluding hydrogens is 316 g/mol. The Morgan fingerprint density at radius 1 is 1.42 bits per heavy atom. The van der Waals surface area contributed by atoms with Crippen molar-refractivity contribution in [2.75, 3.05) is 33.9 Å². The molecule has 134 valence electrons. The van der Waals surface area contributed by atoms with Gasteiger partial charge in [-0.25, -0.2) is 0 Å². The topological polar surface area (TPSA) is 46.1 Å². The monoisotopic (exact) mass is 341 g/mol. The first-order valence-corrected chi connectivity index (χ1v) is 8.11. The van der Waals surface area contributed by atoms with Gasteiger partial charge in [0.2, 0.25) is 0 Å². The number of hydrogen-bond donors (Lipinski definition) is 1. The summed E-state index contributed by atoms with van der Waals surface area (Å²) in [4.78, 5) is 6.20. The fourth-order valence-electron chi connectivity index (χ4n) is 2.24. The van der Waals surface area contributed by atoms with E-state index in [1.165, 1.54) is 18.9 Å². The maximum absolute atomic E-state index is 12.3. The van der Waals surface area contributed by atoms with Gasteiger partial charge in [-0.1, -0.05) is 12.1 Å². The van der Waals surface area contributed by atoms with E-state index in [9.17, 15) is 8.78 Å². The quantitative estimate of drug-likeness (QED) is 0.426. The highest BCUT2D eigenvalue weighted by Crippen LogP contribution is 2.28. The van der Waals surface area contributed by atoms with Crippen LogP contribution in [0.25, 0.3) is 0 Å². The number of nitrogens with zero attached hydrogens (tertiary/aromatic N) is 2. The van der Waals surface area contributed by atoms with Crippen LogP contribution in [0.4, 0.5) is 8.78 Å². The number of ether oxygens (including phenoxy) is 2. The molecule has 1 N–H and O–H groups in total. The van der Waals surface area contributed by atoms with E-state index in [2.05, 4.69) is 15.0 Å². The molecule has 1 aliphatic rings. The third-order valence-corrected chi connectivity index (χ3v) is 3.77. The average molecular weight is 341 g/mol. The Balaban J connectivity index is 1.75. The van der Waals surface area contributed by atoms with Crippen molar-refractivity contribution in [3.05, 3.63) is 29.8 Å². The second-order valence-electron chi connectivity index (χ2n) is 5.87. The van der Waals surface area contributed by atoms with Crippen molar-refractivity contribution < 1.29 is 18.3 Å². The van der Waals surface area contributed by atoms with Crippen molar-refractivity contribution >= 4 is 5.96 Å². The van der Waals surface area contributed by atoms with Gasteiger partial charge in [-0.2, -0.15) is 8.78 Å². The van der Waals surface area contributed by atoms with Crippen molar-refractivity contribution in [1.29, 1.82) is 0 Å². The number of hydrogen-bond acceptors (Lipinski definition) is 3. The fraction of sp³-hybridized carbons (Fsp3) is 0.588. The summed E-state index contributed by atoms with van der Waals surface area (Å²) in [7, 11) is 3.65. The van der Waals surface area contributed by atoms with Gasteiger partial charge in [0.25, 0.3) is 0 Å². The van der Waals surface area contributed by atoms with Gasteiger partial charge in [0.1, 0.15) is 5.75 Å². The van der Waals surface area contributed by atoms with Gasteiger partial charge in [-0.05, 0) is 36.5 Å². The minimum Gasteiger partial charge on any atom is -0.435 e. The second-order valence-corrected chi connectivity index (χ2v) is 5.87. The van der Waals surface area contributed by atoms with Gasteiger partial charge in [0.15, 0.2) is 5.96 Å². The Kier molecular flexibility index (Phi) is 7.24. The molecule has 0 saturated heterocycles. The number of benzene rings is 1. The molecule has 7 heteroatoms. The largest absolute Gasteiger partial charge is 0.435 e. The SMILES string of the molecule is CN=C(NCc1cccc(OC(F)F)c1)N(C)CCOCC1CC1. The summed E-state index contributed by atoms with van der Waals surface area (Å²) in [5.74, 6) is 1.64. The summed E-state index contributed by atoms with van der Waals surface area (Å²) in [6.45, 7) is -0.105. The van der Waals surface area contributed by atoms with Crippen LogP contribution in [0.2, 0.25) is 0 Å². The average Bonchev–Trinajstić information content (AvgIpc) is 3.36. The smallest absolute Gasteiger partial charge is 0.387 e. The van der Waals surface area contributed by atoms with Crippen LogP contribution in [0.15, 0.2) is 29.3 Å². The molecule has 1 aromatic rings. The molecule has 1 aromatic carbocycles. The molecule has 1 fully saturated rings. The van der Waals surface area contributed by atoms with Crippen LogP contribution in [-0.4, -0.2) is 51.3 Å². The molecule has 0 aromatic heterocycles. The first kappa shape index (κ1) is 18.4. The maximum atomic E-state index is 12.3. The molecule has 0 bridgehead atoms. The molecule has 0 unspecified atom stereocenters. The number of aliphatic imine (C=N–C) groups is 1. The Morgan fingerprint density at radius 3 is 2.88 bits per heavy atom. The molecule has 0 radical (unpaired) electrons. The molecule has 0 aliphatic heterocycles. The van der Waals surface area contributed by atoms with Crippen LogP contribution < -0.4 is 10.1 Å². The number of guanidine groups is 1. The molecule has 0 amide bonds. The van der Waals surface area contributed by atoms with Crippen molar-refractivity contribution in [3.8, 4) is 5.75 Å². The van der Waals surface area contributed by atoms with E-state index in [1.54, 1.807) is 19.2 Å². The first-order chi connectivity index (χ1) is 11.6. The summed E-state index contributed by atoms with van der Waals surface area (Å²) in [5, 5.41) is 3.21. The number of rotatable bonds is 9. The van der Waals surface area contributed by atoms with E-state index in [4.69, 9.17) is 4.74 Å². The van der Waals surface area contributed by atoms with Crippen molar-refractivity contribution in [1.82, 2.24) is 10.2 Å². The van der Waals surface area contributed by atoms with Crippen LogP contribution in [0.5, 0.6) is 5.75 Å². The molecule has 2 rings (SSSR count). The number of nitrogens with one attached hydrogen (secondary N) is 1. The van der Waals surface area contributed by atoms with Gasteiger partial charge in [-0.15, -0.1) is 0 Å². The Morgan fingerprint density at radius 2 is 2.21 bits per heavy atom. The van der Waals surface area contributed by atoms with Gasteiger partial charge in [-0.3, -0.25) is 4.99 Å². The third-order valence-electron chi connectivity index (χ3n) is 3.77. The Bertz CT molecular complexity index is 536. The predicted molar refractivity (Wildman–Crippen MR) is 89.4 cm³/mol. The van der Waals surface area contributed by atoms with Crippen LogP contribution in [0, 0.1) is 5.92 Å². The Labute approximate surface area is 141 Å². The first-order valence-electron chi connectivity index (χ1n) is 8.11. The lowest BCUT2D eigenvalue weighted by molar-refractivity contribution is -0.0498. The molecule has 5 nitrogen and oxygen atoms in total. The molecule has 1 saturated carbocycles. The highest BCUT2D eigenvalue weighted by atomic mass is 19.3. The zero-order chi connectivity index (χ0) is 17.4. The van der Waals surface area contributed by atoms with Crippen molar-refractivity contribution in [2.45, 2.75) is 26.0 Å². The summed E-state index contributed by atoms with van der Waals surface area (Å²) < 4.78 is 34.5. The maximum Gasteiger partial charge on any atom is 0.387 e. The van der Waals surface area contributed by atoms with Crippen molar-refractivity contribution in [3.63, 3.8) is 0 Å². The van der Waals surface area contributed by atoms with Gasteiger partial charge in [0.05, 0.1) is 6.61 Å². The Hall–Kier alpha value is -1.89. The molecule has 1 aliphatic carbocycles. The number of likely N-dealkylation sites (N-methyl/N-ethyl adjacent to an activating group) is 1. The lowest BCUT2D eigenvalue weighted by Gasteiger charge is -2.22.